The van der Waals surface area contributed by atoms with Gasteiger partial charge in [0.1, 0.15) is 0 Å². The van der Waals surface area contributed by atoms with E-state index in [9.17, 15) is 0 Å². The summed E-state index contributed by atoms with van der Waals surface area (Å²) in [5.74, 6) is 2.15. The number of rotatable bonds is 6. The molecule has 2 heterocycles. The van der Waals surface area contributed by atoms with Crippen molar-refractivity contribution in [3.63, 3.8) is 0 Å². The first-order valence-electron chi connectivity index (χ1n) is 6.61. The van der Waals surface area contributed by atoms with Gasteiger partial charge in [-0.15, -0.1) is 0 Å². The SMILES string of the molecule is Cc1nc(CCn2cncc2C(CN)C(C)C)no1. The fourth-order valence-corrected chi connectivity index (χ4v) is 2.22. The summed E-state index contributed by atoms with van der Waals surface area (Å²) in [5.41, 5.74) is 7.04. The van der Waals surface area contributed by atoms with Gasteiger partial charge in [0.15, 0.2) is 5.82 Å². The minimum absolute atomic E-state index is 0.328. The largest absolute Gasteiger partial charge is 0.340 e. The number of imidazole rings is 1. The zero-order chi connectivity index (χ0) is 13.8. The Morgan fingerprint density at radius 1 is 1.42 bits per heavy atom. The summed E-state index contributed by atoms with van der Waals surface area (Å²) in [5, 5.41) is 3.90. The third-order valence-electron chi connectivity index (χ3n) is 3.33. The van der Waals surface area contributed by atoms with Crippen LogP contribution in [0.4, 0.5) is 0 Å². The molecule has 0 bridgehead atoms. The van der Waals surface area contributed by atoms with Gasteiger partial charge in [0, 0.05) is 44.2 Å². The minimum Gasteiger partial charge on any atom is -0.340 e. The Morgan fingerprint density at radius 2 is 2.21 bits per heavy atom. The quantitative estimate of drug-likeness (QED) is 0.854. The molecule has 104 valence electrons. The van der Waals surface area contributed by atoms with Crippen molar-refractivity contribution < 1.29 is 4.52 Å². The third-order valence-corrected chi connectivity index (χ3v) is 3.33. The molecule has 1 atom stereocenters. The van der Waals surface area contributed by atoms with Crippen molar-refractivity contribution >= 4 is 0 Å². The maximum Gasteiger partial charge on any atom is 0.223 e. The van der Waals surface area contributed by atoms with Crippen LogP contribution < -0.4 is 5.73 Å². The summed E-state index contributed by atoms with van der Waals surface area (Å²) in [6.07, 6.45) is 4.47. The number of nitrogens with two attached hydrogens (primary N) is 1. The van der Waals surface area contributed by atoms with Crippen LogP contribution in [-0.4, -0.2) is 26.2 Å². The molecular weight excluding hydrogens is 242 g/mol. The molecule has 0 aliphatic heterocycles. The zero-order valence-corrected chi connectivity index (χ0v) is 11.7. The molecule has 0 aromatic carbocycles. The Bertz CT molecular complexity index is 517. The standard InChI is InChI=1S/C13H21N5O/c1-9(2)11(6-14)12-7-15-8-18(12)5-4-13-16-10(3)19-17-13/h7-9,11H,4-6,14H2,1-3H3. The number of hydrogen-bond donors (Lipinski definition) is 1. The first-order chi connectivity index (χ1) is 9.11. The van der Waals surface area contributed by atoms with E-state index in [1.807, 2.05) is 12.5 Å². The highest BCUT2D eigenvalue weighted by molar-refractivity contribution is 5.08. The first-order valence-corrected chi connectivity index (χ1v) is 6.61. The van der Waals surface area contributed by atoms with Gasteiger partial charge < -0.3 is 14.8 Å². The molecule has 0 amide bonds. The van der Waals surface area contributed by atoms with Crippen molar-refractivity contribution in [3.05, 3.63) is 29.9 Å². The molecule has 19 heavy (non-hydrogen) atoms. The summed E-state index contributed by atoms with van der Waals surface area (Å²) in [6.45, 7) is 7.57. The van der Waals surface area contributed by atoms with Gasteiger partial charge in [0.05, 0.1) is 6.33 Å². The molecule has 6 heteroatoms. The second-order valence-electron chi connectivity index (χ2n) is 5.08. The topological polar surface area (TPSA) is 82.8 Å². The average molecular weight is 263 g/mol. The summed E-state index contributed by atoms with van der Waals surface area (Å²) in [4.78, 5) is 8.44. The van der Waals surface area contributed by atoms with Crippen LogP contribution in [0.2, 0.25) is 0 Å². The van der Waals surface area contributed by atoms with E-state index in [1.54, 1.807) is 6.92 Å². The highest BCUT2D eigenvalue weighted by atomic mass is 16.5. The van der Waals surface area contributed by atoms with Crippen molar-refractivity contribution in [2.75, 3.05) is 6.54 Å². The third kappa shape index (κ3) is 3.20. The summed E-state index contributed by atoms with van der Waals surface area (Å²) >= 11 is 0. The molecule has 0 radical (unpaired) electrons. The van der Waals surface area contributed by atoms with Crippen molar-refractivity contribution in [1.29, 1.82) is 0 Å². The van der Waals surface area contributed by atoms with E-state index < -0.39 is 0 Å². The molecule has 6 nitrogen and oxygen atoms in total. The van der Waals surface area contributed by atoms with E-state index in [1.165, 1.54) is 5.69 Å². The van der Waals surface area contributed by atoms with E-state index in [0.717, 1.165) is 18.8 Å². The average Bonchev–Trinajstić information content (AvgIpc) is 2.96. The van der Waals surface area contributed by atoms with Gasteiger partial charge >= 0.3 is 0 Å². The predicted octanol–water partition coefficient (Wildman–Crippen LogP) is 1.52. The fourth-order valence-electron chi connectivity index (χ4n) is 2.22. The molecule has 0 saturated heterocycles. The molecule has 0 fully saturated rings. The van der Waals surface area contributed by atoms with Crippen LogP contribution in [-0.2, 0) is 13.0 Å². The second kappa shape index (κ2) is 5.97. The highest BCUT2D eigenvalue weighted by Crippen LogP contribution is 2.23. The van der Waals surface area contributed by atoms with Crippen LogP contribution in [0, 0.1) is 12.8 Å². The lowest BCUT2D eigenvalue weighted by Crippen LogP contribution is -2.21. The van der Waals surface area contributed by atoms with E-state index in [0.29, 0.717) is 24.3 Å². The molecule has 0 aliphatic carbocycles. The van der Waals surface area contributed by atoms with Crippen molar-refractivity contribution in [2.24, 2.45) is 11.7 Å². The maximum absolute atomic E-state index is 5.86. The van der Waals surface area contributed by atoms with Crippen LogP contribution in [0.25, 0.3) is 0 Å². The van der Waals surface area contributed by atoms with E-state index >= 15 is 0 Å². The van der Waals surface area contributed by atoms with Crippen LogP contribution >= 0.6 is 0 Å². The number of aromatic nitrogens is 4. The van der Waals surface area contributed by atoms with E-state index in [-0.39, 0.29) is 0 Å². The molecule has 2 rings (SSSR count). The Morgan fingerprint density at radius 3 is 2.79 bits per heavy atom. The Balaban J connectivity index is 2.07. The van der Waals surface area contributed by atoms with Crippen molar-refractivity contribution in [1.82, 2.24) is 19.7 Å². The van der Waals surface area contributed by atoms with Crippen LogP contribution in [0.1, 0.15) is 37.2 Å². The molecule has 0 spiro atoms. The zero-order valence-electron chi connectivity index (χ0n) is 11.7. The molecule has 2 aromatic rings. The Kier molecular flexibility index (Phi) is 4.31. The monoisotopic (exact) mass is 263 g/mol. The second-order valence-corrected chi connectivity index (χ2v) is 5.08. The lowest BCUT2D eigenvalue weighted by atomic mass is 9.93. The molecular formula is C13H21N5O. The number of aryl methyl sites for hydroxylation is 3. The van der Waals surface area contributed by atoms with Gasteiger partial charge in [0.2, 0.25) is 5.89 Å². The van der Waals surface area contributed by atoms with Crippen LogP contribution in [0.3, 0.4) is 0 Å². The summed E-state index contributed by atoms with van der Waals surface area (Å²) < 4.78 is 7.09. The van der Waals surface area contributed by atoms with Gasteiger partial charge in [-0.25, -0.2) is 4.98 Å². The minimum atomic E-state index is 0.328. The lowest BCUT2D eigenvalue weighted by molar-refractivity contribution is 0.385. The van der Waals surface area contributed by atoms with Crippen LogP contribution in [0.5, 0.6) is 0 Å². The molecule has 0 aliphatic rings. The maximum atomic E-state index is 5.86. The summed E-state index contributed by atoms with van der Waals surface area (Å²) in [6, 6.07) is 0. The van der Waals surface area contributed by atoms with Gasteiger partial charge in [-0.3, -0.25) is 0 Å². The van der Waals surface area contributed by atoms with Gasteiger partial charge in [0.25, 0.3) is 0 Å². The van der Waals surface area contributed by atoms with Gasteiger partial charge in [-0.05, 0) is 5.92 Å². The number of hydrogen-bond acceptors (Lipinski definition) is 5. The lowest BCUT2D eigenvalue weighted by Gasteiger charge is -2.20. The number of nitrogens with zero attached hydrogens (tertiary/aromatic N) is 4. The molecule has 0 saturated carbocycles. The first kappa shape index (κ1) is 13.7. The Labute approximate surface area is 113 Å². The van der Waals surface area contributed by atoms with Crippen molar-refractivity contribution in [3.8, 4) is 0 Å². The molecule has 2 N–H and O–H groups in total. The van der Waals surface area contributed by atoms with E-state index in [2.05, 4.69) is 33.5 Å². The van der Waals surface area contributed by atoms with Gasteiger partial charge in [-0.1, -0.05) is 19.0 Å². The molecule has 1 unspecified atom stereocenters. The summed E-state index contributed by atoms with van der Waals surface area (Å²) in [7, 11) is 0. The fraction of sp³-hybridized carbons (Fsp3) is 0.615. The van der Waals surface area contributed by atoms with Gasteiger partial charge in [-0.2, -0.15) is 4.98 Å². The molecule has 2 aromatic heterocycles. The van der Waals surface area contributed by atoms with E-state index in [4.69, 9.17) is 10.3 Å². The Hall–Kier alpha value is -1.69. The smallest absolute Gasteiger partial charge is 0.223 e. The highest BCUT2D eigenvalue weighted by Gasteiger charge is 2.18. The van der Waals surface area contributed by atoms with Crippen molar-refractivity contribution in [2.45, 2.75) is 39.7 Å². The normalized spacial score (nSPS) is 13.1. The predicted molar refractivity (Wildman–Crippen MR) is 71.6 cm³/mol. The van der Waals surface area contributed by atoms with Crippen LogP contribution in [0.15, 0.2) is 17.0 Å².